The van der Waals surface area contributed by atoms with Crippen LogP contribution < -0.4 is 9.22 Å². The van der Waals surface area contributed by atoms with Gasteiger partial charge in [0.15, 0.2) is 5.69 Å². The third-order valence-corrected chi connectivity index (χ3v) is 7.04. The lowest BCUT2D eigenvalue weighted by Gasteiger charge is -2.37. The minimum Gasteiger partial charge on any atom is -0.489 e. The third-order valence-electron chi connectivity index (χ3n) is 7.04. The van der Waals surface area contributed by atoms with Gasteiger partial charge in [-0.25, -0.2) is 18.4 Å². The van der Waals surface area contributed by atoms with Crippen LogP contribution in [-0.4, -0.2) is 30.7 Å². The number of hydrogen-bond acceptors (Lipinski definition) is 6. The summed E-state index contributed by atoms with van der Waals surface area (Å²) in [5.41, 5.74) is 1.33. The Hall–Kier alpha value is -4.37. The fourth-order valence-electron chi connectivity index (χ4n) is 4.59. The summed E-state index contributed by atoms with van der Waals surface area (Å²) in [6.07, 6.45) is 0. The third kappa shape index (κ3) is 5.51. The van der Waals surface area contributed by atoms with Crippen molar-refractivity contribution in [2.45, 2.75) is 39.7 Å². The summed E-state index contributed by atoms with van der Waals surface area (Å²) >= 11 is 0. The second-order valence-electron chi connectivity index (χ2n) is 9.99. The van der Waals surface area contributed by atoms with Gasteiger partial charge in [0.2, 0.25) is 0 Å². The van der Waals surface area contributed by atoms with E-state index < -0.39 is 23.0 Å². The van der Waals surface area contributed by atoms with E-state index in [1.807, 2.05) is 0 Å². The van der Waals surface area contributed by atoms with E-state index in [0.717, 1.165) is 0 Å². The number of rotatable bonds is 9. The molecule has 0 unspecified atom stereocenters. The highest BCUT2D eigenvalue weighted by Crippen LogP contribution is 2.39. The number of aryl methyl sites for hydroxylation is 1. The van der Waals surface area contributed by atoms with Crippen molar-refractivity contribution in [2.75, 3.05) is 13.7 Å². The average Bonchev–Trinajstić information content (AvgIpc) is 3.32. The van der Waals surface area contributed by atoms with Gasteiger partial charge in [-0.3, -0.25) is 0 Å². The van der Waals surface area contributed by atoms with Crippen molar-refractivity contribution in [1.82, 2.24) is 9.64 Å². The number of carbonyl (C=O) groups excluding carboxylic acids is 2. The first-order valence-electron chi connectivity index (χ1n) is 12.8. The summed E-state index contributed by atoms with van der Waals surface area (Å²) in [7, 11) is 1.71. The Labute approximate surface area is 231 Å². The molecule has 1 amide bonds. The maximum Gasteiger partial charge on any atom is 0.360 e. The molecule has 0 saturated heterocycles. The first-order chi connectivity index (χ1) is 19.0. The van der Waals surface area contributed by atoms with Gasteiger partial charge < -0.3 is 14.0 Å². The largest absolute Gasteiger partial charge is 0.489 e. The highest BCUT2D eigenvalue weighted by atomic mass is 19.1. The van der Waals surface area contributed by atoms with E-state index in [4.69, 9.17) is 14.0 Å². The van der Waals surface area contributed by atoms with Gasteiger partial charge in [0.05, 0.1) is 19.2 Å². The number of benzene rings is 3. The number of ether oxygens (including phenoxy) is 2. The quantitative estimate of drug-likeness (QED) is 0.169. The first-order valence-corrected chi connectivity index (χ1v) is 12.8. The first kappa shape index (κ1) is 28.6. The molecule has 0 radical (unpaired) electrons. The highest BCUT2D eigenvalue weighted by molar-refractivity contribution is 6.01. The summed E-state index contributed by atoms with van der Waals surface area (Å²) < 4.78 is 43.3. The summed E-state index contributed by atoms with van der Waals surface area (Å²) in [5, 5.41) is 3.78. The van der Waals surface area contributed by atoms with Gasteiger partial charge in [0.1, 0.15) is 46.5 Å². The van der Waals surface area contributed by atoms with Crippen LogP contribution in [0.4, 0.5) is 20.2 Å². The van der Waals surface area contributed by atoms with Crippen LogP contribution in [0.5, 0.6) is 5.75 Å². The van der Waals surface area contributed by atoms with Crippen LogP contribution in [0.15, 0.2) is 77.3 Å². The van der Waals surface area contributed by atoms with Crippen molar-refractivity contribution < 1.29 is 32.4 Å². The SMILES string of the molecule is CCOC(=O)c1noc(C)c1COc1ccc(C(C)(C)C(=O)[N+](C)(c2ccc(F)cc2)c2ccc(F)cc2)cc1. The monoisotopic (exact) mass is 549 g/mol. The Morgan fingerprint density at radius 1 is 0.900 bits per heavy atom. The van der Waals surface area contributed by atoms with Crippen LogP contribution in [0.25, 0.3) is 0 Å². The second-order valence-corrected chi connectivity index (χ2v) is 9.99. The number of quaternary nitrogens is 1. The zero-order valence-corrected chi connectivity index (χ0v) is 23.0. The number of amides is 1. The van der Waals surface area contributed by atoms with E-state index in [9.17, 15) is 18.4 Å². The molecule has 208 valence electrons. The van der Waals surface area contributed by atoms with Crippen molar-refractivity contribution >= 4 is 23.3 Å². The molecule has 3 aromatic carbocycles. The molecule has 0 spiro atoms. The Balaban J connectivity index is 1.60. The normalized spacial score (nSPS) is 11.8. The van der Waals surface area contributed by atoms with Gasteiger partial charge >= 0.3 is 11.9 Å². The molecule has 4 aromatic rings. The Kier molecular flexibility index (Phi) is 8.16. The Morgan fingerprint density at radius 2 is 1.43 bits per heavy atom. The molecule has 0 atom stereocenters. The molecule has 0 bridgehead atoms. The molecule has 0 N–H and O–H groups in total. The zero-order valence-electron chi connectivity index (χ0n) is 23.0. The number of halogens is 2. The van der Waals surface area contributed by atoms with Crippen LogP contribution in [-0.2, 0) is 21.6 Å². The lowest BCUT2D eigenvalue weighted by atomic mass is 9.82. The Morgan fingerprint density at radius 3 is 1.93 bits per heavy atom. The smallest absolute Gasteiger partial charge is 0.360 e. The molecule has 7 nitrogen and oxygen atoms in total. The molecule has 0 saturated carbocycles. The summed E-state index contributed by atoms with van der Waals surface area (Å²) in [6.45, 7) is 7.25. The van der Waals surface area contributed by atoms with Crippen LogP contribution in [0.3, 0.4) is 0 Å². The number of likely N-dealkylation sites (N-methyl/N-ethyl adjacent to an activating group) is 1. The molecular formula is C31H31F2N2O5+. The molecule has 0 fully saturated rings. The van der Waals surface area contributed by atoms with Crippen LogP contribution in [0.1, 0.15) is 48.1 Å². The number of esters is 1. The predicted octanol–water partition coefficient (Wildman–Crippen LogP) is 6.79. The summed E-state index contributed by atoms with van der Waals surface area (Å²) in [6, 6.07) is 18.5. The van der Waals surface area contributed by atoms with Crippen LogP contribution >= 0.6 is 0 Å². The fourth-order valence-corrected chi connectivity index (χ4v) is 4.59. The van der Waals surface area contributed by atoms with E-state index in [-0.39, 0.29) is 29.3 Å². The molecule has 9 heteroatoms. The van der Waals surface area contributed by atoms with Gasteiger partial charge in [-0.05, 0) is 69.7 Å². The van der Waals surface area contributed by atoms with Gasteiger partial charge in [-0.1, -0.05) is 17.3 Å². The standard InChI is InChI=1S/C31H31F2N2O5/c1-6-38-29(36)28-27(20(2)40-34-28)19-39-26-17-7-21(8-18-26)31(3,4)30(37)35(5,24-13-9-22(32)10-14-24)25-15-11-23(33)12-16-25/h7-18H,6,19H2,1-5H3/q+1. The van der Waals surface area contributed by atoms with Gasteiger partial charge in [-0.2, -0.15) is 4.48 Å². The van der Waals surface area contributed by atoms with Crippen LogP contribution in [0.2, 0.25) is 0 Å². The second kappa shape index (κ2) is 11.4. The molecular weight excluding hydrogens is 518 g/mol. The molecule has 0 aliphatic heterocycles. The fraction of sp³-hybridized carbons (Fsp3) is 0.258. The molecule has 4 rings (SSSR count). The average molecular weight is 550 g/mol. The van der Waals surface area contributed by atoms with Crippen molar-refractivity contribution in [3.05, 3.63) is 107 Å². The topological polar surface area (TPSA) is 78.6 Å². The van der Waals surface area contributed by atoms with E-state index >= 15 is 0 Å². The lowest BCUT2D eigenvalue weighted by Crippen LogP contribution is -2.54. The molecule has 0 aliphatic rings. The lowest BCUT2D eigenvalue weighted by molar-refractivity contribution is -0.131. The van der Waals surface area contributed by atoms with Crippen molar-refractivity contribution in [1.29, 1.82) is 0 Å². The van der Waals surface area contributed by atoms with Crippen molar-refractivity contribution in [3.63, 3.8) is 0 Å². The van der Waals surface area contributed by atoms with Crippen molar-refractivity contribution in [3.8, 4) is 5.75 Å². The minimum absolute atomic E-state index is 0.0369. The summed E-state index contributed by atoms with van der Waals surface area (Å²) in [5.74, 6) is -0.683. The summed E-state index contributed by atoms with van der Waals surface area (Å²) in [4.78, 5) is 26.5. The number of hydrogen-bond donors (Lipinski definition) is 0. The van der Waals surface area contributed by atoms with Gasteiger partial charge in [0.25, 0.3) is 0 Å². The number of carbonyl (C=O) groups is 2. The number of nitrogens with zero attached hydrogens (tertiary/aromatic N) is 2. The van der Waals surface area contributed by atoms with E-state index in [0.29, 0.717) is 34.0 Å². The van der Waals surface area contributed by atoms with Crippen molar-refractivity contribution in [2.24, 2.45) is 0 Å². The minimum atomic E-state index is -1.02. The molecule has 1 heterocycles. The van der Waals surface area contributed by atoms with E-state index in [2.05, 4.69) is 5.16 Å². The maximum absolute atomic E-state index is 14.3. The predicted molar refractivity (Wildman–Crippen MR) is 146 cm³/mol. The number of aromatic nitrogens is 1. The van der Waals surface area contributed by atoms with E-state index in [1.54, 1.807) is 83.3 Å². The molecule has 0 aliphatic carbocycles. The molecule has 1 aromatic heterocycles. The maximum atomic E-state index is 14.3. The zero-order chi connectivity index (χ0) is 29.1. The van der Waals surface area contributed by atoms with E-state index in [1.165, 1.54) is 24.3 Å². The van der Waals surface area contributed by atoms with Gasteiger partial charge in [0, 0.05) is 24.3 Å². The molecule has 40 heavy (non-hydrogen) atoms. The van der Waals surface area contributed by atoms with Gasteiger partial charge in [-0.15, -0.1) is 0 Å². The van der Waals surface area contributed by atoms with Crippen LogP contribution in [0, 0.1) is 18.6 Å². The Bertz CT molecular complexity index is 1450. The highest BCUT2D eigenvalue weighted by Gasteiger charge is 2.47.